The van der Waals surface area contributed by atoms with Crippen molar-refractivity contribution in [3.05, 3.63) is 61.2 Å². The summed E-state index contributed by atoms with van der Waals surface area (Å²) in [5.74, 6) is 2.02. The van der Waals surface area contributed by atoms with Crippen LogP contribution in [-0.4, -0.2) is 19.7 Å². The lowest BCUT2D eigenvalue weighted by Crippen LogP contribution is -1.97. The third-order valence-electron chi connectivity index (χ3n) is 3.45. The molecule has 4 rings (SSSR count). The fourth-order valence-corrected chi connectivity index (χ4v) is 3.27. The molecule has 7 heteroatoms. The predicted molar refractivity (Wildman–Crippen MR) is 91.5 cm³/mol. The van der Waals surface area contributed by atoms with Gasteiger partial charge >= 0.3 is 0 Å². The Morgan fingerprint density at radius 2 is 2.08 bits per heavy atom. The van der Waals surface area contributed by atoms with Crippen LogP contribution in [0, 0.1) is 0 Å². The van der Waals surface area contributed by atoms with Gasteiger partial charge in [0.15, 0.2) is 10.9 Å². The zero-order chi connectivity index (χ0) is 16.4. The first-order chi connectivity index (χ1) is 11.8. The molecule has 0 atom stereocenters. The molecule has 0 fully saturated rings. The molecule has 4 aromatic rings. The number of thioether (sulfide) groups is 1. The number of furan rings is 1. The molecule has 6 nitrogen and oxygen atoms in total. The highest BCUT2D eigenvalue weighted by Gasteiger charge is 2.14. The Bertz CT molecular complexity index is 972. The highest BCUT2D eigenvalue weighted by atomic mass is 32.2. The van der Waals surface area contributed by atoms with Crippen LogP contribution in [0.1, 0.15) is 5.89 Å². The van der Waals surface area contributed by atoms with E-state index in [0.29, 0.717) is 29.8 Å². The van der Waals surface area contributed by atoms with Crippen LogP contribution in [0.5, 0.6) is 0 Å². The topological polar surface area (TPSA) is 69.9 Å². The molecule has 0 amide bonds. The molecule has 0 aliphatic rings. The molecular formula is C17H14N4O2S. The summed E-state index contributed by atoms with van der Waals surface area (Å²) in [5.41, 5.74) is 2.05. The van der Waals surface area contributed by atoms with Gasteiger partial charge in [-0.3, -0.25) is 0 Å². The third kappa shape index (κ3) is 2.74. The van der Waals surface area contributed by atoms with Crippen LogP contribution >= 0.6 is 11.8 Å². The molecule has 0 unspecified atom stereocenters. The number of hydrogen-bond acceptors (Lipinski definition) is 6. The number of rotatable bonds is 6. The van der Waals surface area contributed by atoms with Crippen molar-refractivity contribution in [2.75, 3.05) is 0 Å². The maximum absolute atomic E-state index is 5.63. The standard InChI is InChI=1S/C17H14N4O2S/c1-2-9-21-13-7-4-3-6-12(13)18-17(21)24-11-15-19-20-16(23-15)14-8-5-10-22-14/h2-8,10H,1,9,11H2. The summed E-state index contributed by atoms with van der Waals surface area (Å²) in [6.07, 6.45) is 3.44. The minimum absolute atomic E-state index is 0.384. The number of allylic oxidation sites excluding steroid dienone is 1. The lowest BCUT2D eigenvalue weighted by Gasteiger charge is -2.04. The highest BCUT2D eigenvalue weighted by Crippen LogP contribution is 2.27. The molecule has 0 N–H and O–H groups in total. The molecule has 0 saturated carbocycles. The molecule has 1 aromatic carbocycles. The Morgan fingerprint density at radius 1 is 1.17 bits per heavy atom. The van der Waals surface area contributed by atoms with Crippen molar-refractivity contribution in [2.45, 2.75) is 17.5 Å². The zero-order valence-corrected chi connectivity index (χ0v) is 13.6. The van der Waals surface area contributed by atoms with E-state index in [1.807, 2.05) is 24.3 Å². The minimum atomic E-state index is 0.384. The van der Waals surface area contributed by atoms with Gasteiger partial charge in [0.1, 0.15) is 0 Å². The van der Waals surface area contributed by atoms with E-state index in [1.165, 1.54) is 0 Å². The lowest BCUT2D eigenvalue weighted by molar-refractivity contribution is 0.494. The fourth-order valence-electron chi connectivity index (χ4n) is 2.41. The molecule has 24 heavy (non-hydrogen) atoms. The summed E-state index contributed by atoms with van der Waals surface area (Å²) in [6.45, 7) is 4.52. The SMILES string of the molecule is C=CCn1c(SCc2nnc(-c3ccco3)o2)nc2ccccc21. The van der Waals surface area contributed by atoms with Crippen molar-refractivity contribution >= 4 is 22.8 Å². The Hall–Kier alpha value is -2.80. The largest absolute Gasteiger partial charge is 0.459 e. The van der Waals surface area contributed by atoms with Crippen molar-refractivity contribution in [2.24, 2.45) is 0 Å². The molecule has 0 spiro atoms. The lowest BCUT2D eigenvalue weighted by atomic mass is 10.3. The van der Waals surface area contributed by atoms with Crippen molar-refractivity contribution in [1.29, 1.82) is 0 Å². The second-order valence-electron chi connectivity index (χ2n) is 5.05. The summed E-state index contributed by atoms with van der Waals surface area (Å²) in [5, 5.41) is 8.96. The molecule has 0 radical (unpaired) electrons. The number of para-hydroxylation sites is 2. The van der Waals surface area contributed by atoms with Gasteiger partial charge in [0.25, 0.3) is 5.89 Å². The van der Waals surface area contributed by atoms with Crippen LogP contribution in [0.4, 0.5) is 0 Å². The second kappa shape index (κ2) is 6.37. The molecule has 120 valence electrons. The van der Waals surface area contributed by atoms with E-state index in [9.17, 15) is 0 Å². The molecule has 0 bridgehead atoms. The van der Waals surface area contributed by atoms with Crippen LogP contribution < -0.4 is 0 Å². The number of aromatic nitrogens is 4. The number of fused-ring (bicyclic) bond motifs is 1. The zero-order valence-electron chi connectivity index (χ0n) is 12.8. The summed E-state index contributed by atoms with van der Waals surface area (Å²) in [7, 11) is 0. The van der Waals surface area contributed by atoms with Crippen molar-refractivity contribution in [3.63, 3.8) is 0 Å². The number of benzene rings is 1. The number of nitrogens with zero attached hydrogens (tertiary/aromatic N) is 4. The normalized spacial score (nSPS) is 11.2. The molecule has 3 aromatic heterocycles. The van der Waals surface area contributed by atoms with Gasteiger partial charge in [-0.25, -0.2) is 4.98 Å². The monoisotopic (exact) mass is 338 g/mol. The van der Waals surface area contributed by atoms with Crippen molar-refractivity contribution in [3.8, 4) is 11.7 Å². The van der Waals surface area contributed by atoms with Crippen LogP contribution in [0.3, 0.4) is 0 Å². The van der Waals surface area contributed by atoms with Crippen LogP contribution in [0.25, 0.3) is 22.7 Å². The van der Waals surface area contributed by atoms with Gasteiger partial charge in [0.05, 0.1) is 23.0 Å². The third-order valence-corrected chi connectivity index (χ3v) is 4.42. The van der Waals surface area contributed by atoms with E-state index in [2.05, 4.69) is 32.4 Å². The Kier molecular flexibility index (Phi) is 3.92. The van der Waals surface area contributed by atoms with Crippen LogP contribution in [-0.2, 0) is 12.3 Å². The number of imidazole rings is 1. The van der Waals surface area contributed by atoms with Crippen LogP contribution in [0.15, 0.2) is 69.3 Å². The van der Waals surface area contributed by atoms with Gasteiger partial charge in [-0.1, -0.05) is 30.0 Å². The molecule has 0 aliphatic carbocycles. The highest BCUT2D eigenvalue weighted by molar-refractivity contribution is 7.98. The first kappa shape index (κ1) is 14.8. The van der Waals surface area contributed by atoms with E-state index < -0.39 is 0 Å². The number of hydrogen-bond donors (Lipinski definition) is 0. The van der Waals surface area contributed by atoms with Gasteiger partial charge in [0, 0.05) is 6.54 Å². The van der Waals surface area contributed by atoms with E-state index in [4.69, 9.17) is 8.83 Å². The summed E-state index contributed by atoms with van der Waals surface area (Å²) < 4.78 is 13.0. The average molecular weight is 338 g/mol. The average Bonchev–Trinajstić information content (AvgIpc) is 3.33. The first-order valence-corrected chi connectivity index (χ1v) is 8.39. The van der Waals surface area contributed by atoms with Crippen molar-refractivity contribution < 1.29 is 8.83 Å². The molecular weight excluding hydrogens is 324 g/mol. The Morgan fingerprint density at radius 3 is 2.92 bits per heavy atom. The van der Waals surface area contributed by atoms with Crippen molar-refractivity contribution in [1.82, 2.24) is 19.7 Å². The quantitative estimate of drug-likeness (QED) is 0.388. The summed E-state index contributed by atoms with van der Waals surface area (Å²) in [6, 6.07) is 11.6. The summed E-state index contributed by atoms with van der Waals surface area (Å²) >= 11 is 1.55. The Balaban J connectivity index is 1.56. The van der Waals surface area contributed by atoms with Crippen LogP contribution in [0.2, 0.25) is 0 Å². The van der Waals surface area contributed by atoms with E-state index in [1.54, 1.807) is 30.2 Å². The maximum atomic E-state index is 5.63. The van der Waals surface area contributed by atoms with E-state index in [-0.39, 0.29) is 0 Å². The molecule has 0 aliphatic heterocycles. The smallest absolute Gasteiger partial charge is 0.283 e. The first-order valence-electron chi connectivity index (χ1n) is 7.40. The predicted octanol–water partition coefficient (Wildman–Crippen LogP) is 4.16. The van der Waals surface area contributed by atoms with Gasteiger partial charge in [-0.2, -0.15) is 0 Å². The van der Waals surface area contributed by atoms with Gasteiger partial charge < -0.3 is 13.4 Å². The molecule has 3 heterocycles. The van der Waals surface area contributed by atoms with Gasteiger partial charge in [-0.05, 0) is 24.3 Å². The van der Waals surface area contributed by atoms with Gasteiger partial charge in [-0.15, -0.1) is 16.8 Å². The van der Waals surface area contributed by atoms with E-state index in [0.717, 1.165) is 16.2 Å². The molecule has 0 saturated heterocycles. The maximum Gasteiger partial charge on any atom is 0.283 e. The second-order valence-corrected chi connectivity index (χ2v) is 5.99. The fraction of sp³-hybridized carbons (Fsp3) is 0.118. The van der Waals surface area contributed by atoms with E-state index >= 15 is 0 Å². The summed E-state index contributed by atoms with van der Waals surface area (Å²) in [4.78, 5) is 4.67. The van der Waals surface area contributed by atoms with Gasteiger partial charge in [0.2, 0.25) is 5.89 Å². The Labute approximate surface area is 142 Å². The minimum Gasteiger partial charge on any atom is -0.459 e.